The predicted octanol–water partition coefficient (Wildman–Crippen LogP) is 5.78. The quantitative estimate of drug-likeness (QED) is 0.349. The van der Waals surface area contributed by atoms with Crippen LogP contribution in [-0.2, 0) is 7.05 Å². The number of nitrogens with two attached hydrogens (primary N) is 1. The molecule has 0 aliphatic heterocycles. The van der Waals surface area contributed by atoms with Crippen molar-refractivity contribution in [3.8, 4) is 21.9 Å². The van der Waals surface area contributed by atoms with Gasteiger partial charge in [-0.1, -0.05) is 30.3 Å². The Balaban J connectivity index is 1.48. The van der Waals surface area contributed by atoms with Gasteiger partial charge >= 0.3 is 0 Å². The molecule has 158 valence electrons. The Bertz CT molecular complexity index is 1420. The first-order valence-electron chi connectivity index (χ1n) is 9.83. The lowest BCUT2D eigenvalue weighted by atomic mass is 10.1. The number of nitrogens with zero attached hydrogens (tertiary/aromatic N) is 4. The summed E-state index contributed by atoms with van der Waals surface area (Å²) in [6.07, 6.45) is 3.78. The SMILES string of the molecule is Cn1nnnc1/C=C/c1ccc(Oc2c(-c3ccc(F)cc3)sc3cc(N)ccc23)cc1. The molecule has 0 atom stereocenters. The fourth-order valence-electron chi connectivity index (χ4n) is 3.30. The van der Waals surface area contributed by atoms with Crippen LogP contribution >= 0.6 is 11.3 Å². The molecule has 0 fully saturated rings. The topological polar surface area (TPSA) is 78.8 Å². The maximum atomic E-state index is 13.5. The number of aryl methyl sites for hydroxylation is 1. The summed E-state index contributed by atoms with van der Waals surface area (Å²) >= 11 is 1.57. The third kappa shape index (κ3) is 3.95. The van der Waals surface area contributed by atoms with Gasteiger partial charge < -0.3 is 10.5 Å². The van der Waals surface area contributed by atoms with Crippen LogP contribution in [0, 0.1) is 5.82 Å². The van der Waals surface area contributed by atoms with Crippen molar-refractivity contribution in [2.75, 3.05) is 5.73 Å². The second-order valence-corrected chi connectivity index (χ2v) is 8.24. The molecule has 8 heteroatoms. The molecule has 0 radical (unpaired) electrons. The van der Waals surface area contributed by atoms with Crippen LogP contribution in [0.1, 0.15) is 11.4 Å². The minimum absolute atomic E-state index is 0.276. The Kier molecular flexibility index (Phi) is 5.12. The van der Waals surface area contributed by atoms with Gasteiger partial charge in [-0.3, -0.25) is 0 Å². The summed E-state index contributed by atoms with van der Waals surface area (Å²) in [4.78, 5) is 0.921. The van der Waals surface area contributed by atoms with Crippen LogP contribution in [0.4, 0.5) is 10.1 Å². The third-order valence-electron chi connectivity index (χ3n) is 4.95. The number of anilines is 1. The number of halogens is 1. The molecule has 2 aromatic heterocycles. The highest BCUT2D eigenvalue weighted by Crippen LogP contribution is 2.46. The van der Waals surface area contributed by atoms with E-state index in [1.165, 1.54) is 12.1 Å². The van der Waals surface area contributed by atoms with Gasteiger partial charge in [-0.05, 0) is 70.1 Å². The van der Waals surface area contributed by atoms with Crippen molar-refractivity contribution in [1.29, 1.82) is 0 Å². The van der Waals surface area contributed by atoms with E-state index < -0.39 is 0 Å². The highest BCUT2D eigenvalue weighted by molar-refractivity contribution is 7.22. The molecule has 0 aliphatic rings. The molecule has 0 spiro atoms. The van der Waals surface area contributed by atoms with E-state index in [2.05, 4.69) is 15.5 Å². The number of hydrogen-bond acceptors (Lipinski definition) is 6. The first kappa shape index (κ1) is 19.9. The van der Waals surface area contributed by atoms with E-state index in [1.807, 2.05) is 54.6 Å². The van der Waals surface area contributed by atoms with Gasteiger partial charge in [0, 0.05) is 22.8 Å². The van der Waals surface area contributed by atoms with Crippen molar-refractivity contribution >= 4 is 39.3 Å². The molecular formula is C24H18FN5OS. The van der Waals surface area contributed by atoms with Gasteiger partial charge in [-0.25, -0.2) is 9.07 Å². The van der Waals surface area contributed by atoms with Gasteiger partial charge in [0.05, 0.1) is 4.88 Å². The Morgan fingerprint density at radius 3 is 2.50 bits per heavy atom. The van der Waals surface area contributed by atoms with Crippen LogP contribution in [0.25, 0.3) is 32.7 Å². The summed E-state index contributed by atoms with van der Waals surface area (Å²) in [7, 11) is 1.79. The number of hydrogen-bond donors (Lipinski definition) is 1. The Morgan fingerprint density at radius 2 is 1.78 bits per heavy atom. The molecule has 0 saturated carbocycles. The zero-order valence-electron chi connectivity index (χ0n) is 17.1. The maximum Gasteiger partial charge on any atom is 0.174 e. The lowest BCUT2D eigenvalue weighted by Gasteiger charge is -2.09. The average Bonchev–Trinajstić information content (AvgIpc) is 3.36. The number of rotatable bonds is 5. The van der Waals surface area contributed by atoms with E-state index >= 15 is 0 Å². The zero-order chi connectivity index (χ0) is 22.1. The molecule has 0 saturated heterocycles. The van der Waals surface area contributed by atoms with Gasteiger partial charge in [-0.15, -0.1) is 16.4 Å². The summed E-state index contributed by atoms with van der Waals surface area (Å²) in [5.41, 5.74) is 8.54. The van der Waals surface area contributed by atoms with Crippen molar-refractivity contribution in [3.05, 3.63) is 83.9 Å². The number of thiophene rings is 1. The highest BCUT2D eigenvalue weighted by Gasteiger charge is 2.17. The third-order valence-corrected chi connectivity index (χ3v) is 6.14. The second kappa shape index (κ2) is 8.24. The van der Waals surface area contributed by atoms with E-state index in [0.29, 0.717) is 17.3 Å². The fourth-order valence-corrected chi connectivity index (χ4v) is 4.48. The molecule has 2 N–H and O–H groups in total. The molecule has 0 aliphatic carbocycles. The first-order valence-corrected chi connectivity index (χ1v) is 10.6. The minimum Gasteiger partial charge on any atom is -0.455 e. The summed E-state index contributed by atoms with van der Waals surface area (Å²) < 4.78 is 22.4. The fraction of sp³-hybridized carbons (Fsp3) is 0.0417. The average molecular weight is 444 g/mol. The van der Waals surface area contributed by atoms with Crippen molar-refractivity contribution in [2.45, 2.75) is 0 Å². The van der Waals surface area contributed by atoms with Gasteiger partial charge in [-0.2, -0.15) is 0 Å². The maximum absolute atomic E-state index is 13.5. The summed E-state index contributed by atoms with van der Waals surface area (Å²) in [5, 5.41) is 12.3. The molecular weight excluding hydrogens is 425 g/mol. The normalized spacial score (nSPS) is 11.4. The van der Waals surface area contributed by atoms with E-state index in [9.17, 15) is 4.39 Å². The molecule has 2 heterocycles. The van der Waals surface area contributed by atoms with E-state index in [0.717, 1.165) is 31.8 Å². The molecule has 32 heavy (non-hydrogen) atoms. The minimum atomic E-state index is -0.276. The van der Waals surface area contributed by atoms with Crippen LogP contribution in [-0.4, -0.2) is 20.2 Å². The molecule has 6 nitrogen and oxygen atoms in total. The van der Waals surface area contributed by atoms with Crippen molar-refractivity contribution in [2.24, 2.45) is 7.05 Å². The summed E-state index contributed by atoms with van der Waals surface area (Å²) in [5.74, 6) is 1.81. The van der Waals surface area contributed by atoms with Crippen LogP contribution < -0.4 is 10.5 Å². The number of aromatic nitrogens is 4. The number of ether oxygens (including phenoxy) is 1. The molecule has 5 aromatic rings. The van der Waals surface area contributed by atoms with Gasteiger partial charge in [0.2, 0.25) is 0 Å². The Hall–Kier alpha value is -4.04. The standard InChI is InChI=1S/C24H18FN5OS/c1-30-22(27-28-29-30)13-4-15-2-10-19(11-3-15)31-23-20-12-9-18(26)14-21(20)32-24(23)16-5-7-17(25)8-6-16/h2-14H,26H2,1H3/b13-4+. The molecule has 3 aromatic carbocycles. The number of nitrogen functional groups attached to an aromatic ring is 1. The molecule has 0 bridgehead atoms. The first-order chi connectivity index (χ1) is 15.6. The monoisotopic (exact) mass is 443 g/mol. The second-order valence-electron chi connectivity index (χ2n) is 7.19. The van der Waals surface area contributed by atoms with Crippen LogP contribution in [0.2, 0.25) is 0 Å². The van der Waals surface area contributed by atoms with E-state index in [4.69, 9.17) is 10.5 Å². The van der Waals surface area contributed by atoms with E-state index in [1.54, 1.807) is 35.2 Å². The summed E-state index contributed by atoms with van der Waals surface area (Å²) in [6.45, 7) is 0. The van der Waals surface area contributed by atoms with Gasteiger partial charge in [0.25, 0.3) is 0 Å². The van der Waals surface area contributed by atoms with Crippen molar-refractivity contribution in [3.63, 3.8) is 0 Å². The zero-order valence-corrected chi connectivity index (χ0v) is 17.9. The number of tetrazole rings is 1. The smallest absolute Gasteiger partial charge is 0.174 e. The molecule has 0 amide bonds. The lowest BCUT2D eigenvalue weighted by Crippen LogP contribution is -1.93. The lowest BCUT2D eigenvalue weighted by molar-refractivity contribution is 0.491. The van der Waals surface area contributed by atoms with Crippen LogP contribution in [0.3, 0.4) is 0 Å². The highest BCUT2D eigenvalue weighted by atomic mass is 32.1. The number of benzene rings is 3. The van der Waals surface area contributed by atoms with Crippen molar-refractivity contribution < 1.29 is 9.13 Å². The summed E-state index contributed by atoms with van der Waals surface area (Å²) in [6, 6.07) is 19.9. The molecule has 0 unspecified atom stereocenters. The molecule has 5 rings (SSSR count). The van der Waals surface area contributed by atoms with Gasteiger partial charge in [0.1, 0.15) is 11.6 Å². The van der Waals surface area contributed by atoms with Crippen LogP contribution in [0.5, 0.6) is 11.5 Å². The largest absolute Gasteiger partial charge is 0.455 e. The number of fused-ring (bicyclic) bond motifs is 1. The van der Waals surface area contributed by atoms with E-state index in [-0.39, 0.29) is 5.82 Å². The Morgan fingerprint density at radius 1 is 1.00 bits per heavy atom. The predicted molar refractivity (Wildman–Crippen MR) is 126 cm³/mol. The van der Waals surface area contributed by atoms with Crippen molar-refractivity contribution in [1.82, 2.24) is 20.2 Å². The Labute approximate surface area is 187 Å². The van der Waals surface area contributed by atoms with Crippen LogP contribution in [0.15, 0.2) is 66.7 Å². The van der Waals surface area contributed by atoms with Gasteiger partial charge in [0.15, 0.2) is 11.6 Å².